The molecule has 0 spiro atoms. The van der Waals surface area contributed by atoms with E-state index in [2.05, 4.69) is 39.5 Å². The molecule has 0 aliphatic rings. The molecule has 7 nitrogen and oxygen atoms in total. The van der Waals surface area contributed by atoms with Crippen LogP contribution in [-0.4, -0.2) is 25.7 Å². The Morgan fingerprint density at radius 3 is 2.59 bits per heavy atom. The first-order valence-corrected chi connectivity index (χ1v) is 10.8. The Bertz CT molecular complexity index is 1290. The normalized spacial score (nSPS) is 12.0. The van der Waals surface area contributed by atoms with Gasteiger partial charge in [-0.1, -0.05) is 12.1 Å². The van der Waals surface area contributed by atoms with E-state index in [1.807, 2.05) is 68.0 Å². The summed E-state index contributed by atoms with van der Waals surface area (Å²) in [6.07, 6.45) is 3.61. The predicted molar refractivity (Wildman–Crippen MR) is 128 cm³/mol. The van der Waals surface area contributed by atoms with Gasteiger partial charge in [0, 0.05) is 17.8 Å². The van der Waals surface area contributed by atoms with Crippen molar-refractivity contribution in [3.63, 3.8) is 0 Å². The number of anilines is 2. The number of hydrogen-bond acceptors (Lipinski definition) is 5. The summed E-state index contributed by atoms with van der Waals surface area (Å²) < 4.78 is 1.82. The lowest BCUT2D eigenvalue weighted by Crippen LogP contribution is -2.14. The molecule has 0 fully saturated rings. The topological polar surface area (TPSA) is 84.7 Å². The summed E-state index contributed by atoms with van der Waals surface area (Å²) in [5.41, 5.74) is 7.26. The van der Waals surface area contributed by atoms with E-state index in [1.165, 1.54) is 5.56 Å². The Balaban J connectivity index is 1.52. The van der Waals surface area contributed by atoms with Crippen LogP contribution in [0.15, 0.2) is 48.8 Å². The molecule has 7 heteroatoms. The van der Waals surface area contributed by atoms with Crippen LogP contribution in [0, 0.1) is 20.8 Å². The molecule has 4 aromatic rings. The highest BCUT2D eigenvalue weighted by Gasteiger charge is 2.14. The summed E-state index contributed by atoms with van der Waals surface area (Å²) in [5.74, 6) is 0.543. The summed E-state index contributed by atoms with van der Waals surface area (Å²) in [6, 6.07) is 11.6. The lowest BCUT2D eigenvalue weighted by atomic mass is 10.0. The highest BCUT2D eigenvalue weighted by molar-refractivity contribution is 6.04. The van der Waals surface area contributed by atoms with Crippen LogP contribution in [0.3, 0.4) is 0 Å². The van der Waals surface area contributed by atoms with Crippen molar-refractivity contribution in [3.05, 3.63) is 76.6 Å². The molecule has 164 valence electrons. The van der Waals surface area contributed by atoms with E-state index in [1.54, 1.807) is 6.20 Å². The molecule has 0 saturated heterocycles. The molecule has 2 N–H and O–H groups in total. The highest BCUT2D eigenvalue weighted by atomic mass is 16.1. The van der Waals surface area contributed by atoms with E-state index in [0.717, 1.165) is 34.4 Å². The average Bonchev–Trinajstić information content (AvgIpc) is 3.19. The smallest absolute Gasteiger partial charge is 0.255 e. The SMILES string of the molecule is CCn1cc2ncc(N[C@@H](C)c3cc(NC(=O)c4ccc(C)c(C)c4)ccc3C)nc2n1. The molecule has 1 amide bonds. The number of carbonyl (C=O) groups is 1. The minimum absolute atomic E-state index is 0.0338. The Hall–Kier alpha value is -3.74. The minimum atomic E-state index is -0.119. The number of benzene rings is 2. The zero-order chi connectivity index (χ0) is 22.8. The maximum absolute atomic E-state index is 12.7. The monoisotopic (exact) mass is 428 g/mol. The van der Waals surface area contributed by atoms with Crippen molar-refractivity contribution in [2.24, 2.45) is 0 Å². The van der Waals surface area contributed by atoms with E-state index < -0.39 is 0 Å². The van der Waals surface area contributed by atoms with Gasteiger partial charge < -0.3 is 10.6 Å². The molecule has 1 atom stereocenters. The van der Waals surface area contributed by atoms with Crippen molar-refractivity contribution in [1.82, 2.24) is 19.7 Å². The van der Waals surface area contributed by atoms with Crippen molar-refractivity contribution in [1.29, 1.82) is 0 Å². The van der Waals surface area contributed by atoms with Gasteiger partial charge in [0.25, 0.3) is 5.91 Å². The predicted octanol–water partition coefficient (Wildman–Crippen LogP) is 5.20. The van der Waals surface area contributed by atoms with Gasteiger partial charge in [-0.2, -0.15) is 5.10 Å². The van der Waals surface area contributed by atoms with Crippen LogP contribution in [0.5, 0.6) is 0 Å². The van der Waals surface area contributed by atoms with Gasteiger partial charge in [0.1, 0.15) is 11.3 Å². The zero-order valence-electron chi connectivity index (χ0n) is 19.1. The number of hydrogen-bond donors (Lipinski definition) is 2. The van der Waals surface area contributed by atoms with E-state index >= 15 is 0 Å². The molecule has 4 rings (SSSR count). The van der Waals surface area contributed by atoms with E-state index in [4.69, 9.17) is 0 Å². The Morgan fingerprint density at radius 2 is 1.84 bits per heavy atom. The van der Waals surface area contributed by atoms with Gasteiger partial charge in [0.2, 0.25) is 5.65 Å². The second kappa shape index (κ2) is 8.78. The summed E-state index contributed by atoms with van der Waals surface area (Å²) in [6.45, 7) is 11.0. The first-order valence-electron chi connectivity index (χ1n) is 10.8. The van der Waals surface area contributed by atoms with E-state index in [0.29, 0.717) is 17.0 Å². The standard InChI is InChI=1S/C25H28N6O/c1-6-31-14-22-24(30-31)29-23(13-26-22)27-18(5)21-12-20(10-8-16(21)3)28-25(32)19-9-7-15(2)17(4)11-19/h7-14,18H,6H2,1-5H3,(H,28,32)(H,27,29,30)/t18-/m0/s1. The average molecular weight is 429 g/mol. The molecule has 0 unspecified atom stereocenters. The van der Waals surface area contributed by atoms with Crippen LogP contribution in [0.1, 0.15) is 52.5 Å². The molecule has 32 heavy (non-hydrogen) atoms. The van der Waals surface area contributed by atoms with Gasteiger partial charge in [0.15, 0.2) is 0 Å². The molecular formula is C25H28N6O. The zero-order valence-corrected chi connectivity index (χ0v) is 19.1. The fourth-order valence-electron chi connectivity index (χ4n) is 3.65. The number of aromatic nitrogens is 4. The van der Waals surface area contributed by atoms with Crippen LogP contribution in [0.25, 0.3) is 11.2 Å². The molecule has 0 aliphatic carbocycles. The summed E-state index contributed by atoms with van der Waals surface area (Å²) in [5, 5.41) is 10.9. The fraction of sp³-hybridized carbons (Fsp3) is 0.280. The van der Waals surface area contributed by atoms with Gasteiger partial charge in [-0.3, -0.25) is 9.48 Å². The third-order valence-electron chi connectivity index (χ3n) is 5.74. The first-order chi connectivity index (χ1) is 15.3. The maximum Gasteiger partial charge on any atom is 0.255 e. The van der Waals surface area contributed by atoms with Gasteiger partial charge in [-0.15, -0.1) is 0 Å². The van der Waals surface area contributed by atoms with Crippen molar-refractivity contribution in [3.8, 4) is 0 Å². The number of nitrogens with one attached hydrogen (secondary N) is 2. The van der Waals surface area contributed by atoms with Crippen molar-refractivity contribution < 1.29 is 4.79 Å². The van der Waals surface area contributed by atoms with Crippen LogP contribution in [0.2, 0.25) is 0 Å². The number of aryl methyl sites for hydroxylation is 4. The lowest BCUT2D eigenvalue weighted by molar-refractivity contribution is 0.102. The maximum atomic E-state index is 12.7. The van der Waals surface area contributed by atoms with Crippen molar-refractivity contribution >= 4 is 28.6 Å². The number of rotatable bonds is 6. The molecule has 2 aromatic heterocycles. The second-order valence-electron chi connectivity index (χ2n) is 8.14. The molecule has 0 saturated carbocycles. The highest BCUT2D eigenvalue weighted by Crippen LogP contribution is 2.25. The molecule has 0 aliphatic heterocycles. The Kier molecular flexibility index (Phi) is 5.90. The van der Waals surface area contributed by atoms with Crippen LogP contribution >= 0.6 is 0 Å². The first kappa shape index (κ1) is 21.5. The van der Waals surface area contributed by atoms with E-state index in [-0.39, 0.29) is 11.9 Å². The summed E-state index contributed by atoms with van der Waals surface area (Å²) in [4.78, 5) is 21.8. The van der Waals surface area contributed by atoms with Crippen molar-refractivity contribution in [2.45, 2.75) is 47.2 Å². The Morgan fingerprint density at radius 1 is 1.06 bits per heavy atom. The second-order valence-corrected chi connectivity index (χ2v) is 8.14. The van der Waals surface area contributed by atoms with Crippen LogP contribution in [0.4, 0.5) is 11.5 Å². The third-order valence-corrected chi connectivity index (χ3v) is 5.74. The van der Waals surface area contributed by atoms with Gasteiger partial charge in [-0.05, 0) is 81.1 Å². The number of amides is 1. The number of carbonyl (C=O) groups excluding carboxylic acids is 1. The largest absolute Gasteiger partial charge is 0.362 e. The molecule has 0 bridgehead atoms. The van der Waals surface area contributed by atoms with Crippen LogP contribution < -0.4 is 10.6 Å². The van der Waals surface area contributed by atoms with Crippen molar-refractivity contribution in [2.75, 3.05) is 10.6 Å². The van der Waals surface area contributed by atoms with Gasteiger partial charge in [0.05, 0.1) is 18.4 Å². The van der Waals surface area contributed by atoms with Gasteiger partial charge >= 0.3 is 0 Å². The Labute approximate surface area is 187 Å². The molecular weight excluding hydrogens is 400 g/mol. The van der Waals surface area contributed by atoms with Crippen LogP contribution in [-0.2, 0) is 6.54 Å². The number of nitrogens with zero attached hydrogens (tertiary/aromatic N) is 4. The molecule has 2 heterocycles. The third kappa shape index (κ3) is 4.46. The van der Waals surface area contributed by atoms with Gasteiger partial charge in [-0.25, -0.2) is 9.97 Å². The summed E-state index contributed by atoms with van der Waals surface area (Å²) in [7, 11) is 0. The molecule has 0 radical (unpaired) electrons. The summed E-state index contributed by atoms with van der Waals surface area (Å²) >= 11 is 0. The quantitative estimate of drug-likeness (QED) is 0.441. The lowest BCUT2D eigenvalue weighted by Gasteiger charge is -2.18. The molecule has 2 aromatic carbocycles. The van der Waals surface area contributed by atoms with E-state index in [9.17, 15) is 4.79 Å². The number of fused-ring (bicyclic) bond motifs is 1. The minimum Gasteiger partial charge on any atom is -0.362 e. The fourth-order valence-corrected chi connectivity index (χ4v) is 3.65.